The van der Waals surface area contributed by atoms with Crippen molar-refractivity contribution >= 4 is 17.4 Å². The molecule has 0 saturated heterocycles. The zero-order valence-electron chi connectivity index (χ0n) is 13.8. The van der Waals surface area contributed by atoms with Gasteiger partial charge in [0.25, 0.3) is 0 Å². The van der Waals surface area contributed by atoms with Crippen LogP contribution in [0.3, 0.4) is 0 Å². The van der Waals surface area contributed by atoms with Crippen molar-refractivity contribution in [1.29, 1.82) is 0 Å². The molecule has 0 fully saturated rings. The Balaban J connectivity index is 2.32. The van der Waals surface area contributed by atoms with Crippen LogP contribution in [0.4, 0.5) is 8.78 Å². The van der Waals surface area contributed by atoms with Crippen LogP contribution in [-0.4, -0.2) is 11.3 Å². The number of allylic oxidation sites excluding steroid dienone is 3. The Morgan fingerprint density at radius 1 is 0.808 bits per heavy atom. The van der Waals surface area contributed by atoms with Gasteiger partial charge < -0.3 is 0 Å². The number of hydrogen-bond acceptors (Lipinski definition) is 2. The van der Waals surface area contributed by atoms with Crippen molar-refractivity contribution in [3.63, 3.8) is 0 Å². The van der Waals surface area contributed by atoms with E-state index >= 15 is 0 Å². The minimum Gasteiger partial charge on any atom is -0.299 e. The van der Waals surface area contributed by atoms with E-state index in [9.17, 15) is 13.6 Å². The van der Waals surface area contributed by atoms with Crippen molar-refractivity contribution in [3.05, 3.63) is 114 Å². The highest BCUT2D eigenvalue weighted by atomic mass is 19.1. The lowest BCUT2D eigenvalue weighted by Crippen LogP contribution is -1.95. The summed E-state index contributed by atoms with van der Waals surface area (Å²) in [6.45, 7) is 0. The van der Waals surface area contributed by atoms with Gasteiger partial charge in [-0.15, -0.1) is 0 Å². The molecule has 0 spiro atoms. The maximum atomic E-state index is 13.4. The van der Waals surface area contributed by atoms with E-state index in [1.54, 1.807) is 48.8 Å². The fourth-order valence-electron chi connectivity index (χ4n) is 2.69. The molecular formula is C22H15F2NO. The van der Waals surface area contributed by atoms with Crippen molar-refractivity contribution in [2.45, 2.75) is 0 Å². The summed E-state index contributed by atoms with van der Waals surface area (Å²) >= 11 is 0. The predicted molar refractivity (Wildman–Crippen MR) is 98.2 cm³/mol. The molecule has 0 bridgehead atoms. The minimum absolute atomic E-state index is 0.349. The Kier molecular flexibility index (Phi) is 5.44. The number of benzene rings is 2. The summed E-state index contributed by atoms with van der Waals surface area (Å²) < 4.78 is 26.8. The minimum atomic E-state index is -0.349. The normalized spacial score (nSPS) is 10.7. The summed E-state index contributed by atoms with van der Waals surface area (Å²) in [6.07, 6.45) is 7.07. The van der Waals surface area contributed by atoms with Gasteiger partial charge in [0.1, 0.15) is 17.9 Å². The van der Waals surface area contributed by atoms with E-state index in [0.717, 1.165) is 27.8 Å². The fraction of sp³-hybridized carbons (Fsp3) is 0. The first kappa shape index (κ1) is 17.4. The van der Waals surface area contributed by atoms with Crippen molar-refractivity contribution in [3.8, 4) is 0 Å². The molecule has 1 aromatic heterocycles. The lowest BCUT2D eigenvalue weighted by molar-refractivity contribution is -0.104. The van der Waals surface area contributed by atoms with Gasteiger partial charge in [-0.1, -0.05) is 36.4 Å². The van der Waals surface area contributed by atoms with Gasteiger partial charge >= 0.3 is 0 Å². The van der Waals surface area contributed by atoms with Crippen LogP contribution in [0.25, 0.3) is 11.1 Å². The van der Waals surface area contributed by atoms with Gasteiger partial charge in [0.2, 0.25) is 0 Å². The number of rotatable bonds is 5. The SMILES string of the molecule is O=C/C=C/C(=C(c1ccc(F)cc1)c1ccc(F)cc1)c1cccnc1. The third-order valence-electron chi connectivity index (χ3n) is 3.85. The van der Waals surface area contributed by atoms with E-state index < -0.39 is 0 Å². The topological polar surface area (TPSA) is 30.0 Å². The Bertz CT molecular complexity index is 896. The first-order valence-corrected chi connectivity index (χ1v) is 7.97. The largest absolute Gasteiger partial charge is 0.299 e. The molecule has 0 aliphatic rings. The number of carbonyl (C=O) groups is 1. The molecule has 4 heteroatoms. The number of hydrogen-bond donors (Lipinski definition) is 0. The maximum Gasteiger partial charge on any atom is 0.142 e. The summed E-state index contributed by atoms with van der Waals surface area (Å²) in [5, 5.41) is 0. The molecular weight excluding hydrogens is 332 g/mol. The second kappa shape index (κ2) is 8.12. The number of halogens is 2. The van der Waals surface area contributed by atoms with Crippen molar-refractivity contribution < 1.29 is 13.6 Å². The second-order valence-electron chi connectivity index (χ2n) is 5.54. The van der Waals surface area contributed by atoms with E-state index in [0.29, 0.717) is 6.29 Å². The first-order valence-electron chi connectivity index (χ1n) is 7.97. The molecule has 2 nitrogen and oxygen atoms in total. The molecule has 0 N–H and O–H groups in total. The lowest BCUT2D eigenvalue weighted by atomic mass is 9.89. The van der Waals surface area contributed by atoms with E-state index in [2.05, 4.69) is 4.98 Å². The summed E-state index contributed by atoms with van der Waals surface area (Å²) in [5.41, 5.74) is 3.74. The monoisotopic (exact) mass is 347 g/mol. The van der Waals surface area contributed by atoms with Crippen LogP contribution >= 0.6 is 0 Å². The van der Waals surface area contributed by atoms with Gasteiger partial charge in [0.05, 0.1) is 0 Å². The highest BCUT2D eigenvalue weighted by Gasteiger charge is 2.13. The quantitative estimate of drug-likeness (QED) is 0.366. The van der Waals surface area contributed by atoms with Crippen LogP contribution in [0.1, 0.15) is 16.7 Å². The smallest absolute Gasteiger partial charge is 0.142 e. The summed E-state index contributed by atoms with van der Waals surface area (Å²) in [4.78, 5) is 15.0. The summed E-state index contributed by atoms with van der Waals surface area (Å²) in [7, 11) is 0. The van der Waals surface area contributed by atoms with Crippen LogP contribution in [0, 0.1) is 11.6 Å². The number of nitrogens with zero attached hydrogens (tertiary/aromatic N) is 1. The molecule has 3 rings (SSSR count). The Morgan fingerprint density at radius 3 is 1.85 bits per heavy atom. The second-order valence-corrected chi connectivity index (χ2v) is 5.54. The van der Waals surface area contributed by atoms with Gasteiger partial charge in [-0.3, -0.25) is 9.78 Å². The van der Waals surface area contributed by atoms with E-state index in [-0.39, 0.29) is 11.6 Å². The third kappa shape index (κ3) is 3.98. The Hall–Kier alpha value is -3.40. The van der Waals surface area contributed by atoms with Crippen molar-refractivity contribution in [2.24, 2.45) is 0 Å². The molecule has 0 amide bonds. The maximum absolute atomic E-state index is 13.4. The van der Waals surface area contributed by atoms with Crippen LogP contribution in [-0.2, 0) is 4.79 Å². The Morgan fingerprint density at radius 2 is 1.38 bits per heavy atom. The molecule has 26 heavy (non-hydrogen) atoms. The van der Waals surface area contributed by atoms with E-state index in [1.807, 2.05) is 6.07 Å². The molecule has 2 aromatic carbocycles. The number of aldehydes is 1. The highest BCUT2D eigenvalue weighted by molar-refractivity contribution is 6.02. The zero-order valence-corrected chi connectivity index (χ0v) is 13.8. The van der Waals surface area contributed by atoms with Crippen LogP contribution in [0.15, 0.2) is 85.2 Å². The number of carbonyl (C=O) groups excluding carboxylic acids is 1. The molecule has 0 unspecified atom stereocenters. The molecule has 0 saturated carbocycles. The standard InChI is InChI=1S/C22H15F2NO/c23-19-9-5-16(6-10-19)22(17-7-11-20(24)12-8-17)21(4-2-14-26)18-3-1-13-25-15-18/h1-15H/b4-2+. The van der Waals surface area contributed by atoms with Crippen molar-refractivity contribution in [2.75, 3.05) is 0 Å². The van der Waals surface area contributed by atoms with Gasteiger partial charge in [-0.25, -0.2) is 8.78 Å². The summed E-state index contributed by atoms with van der Waals surface area (Å²) in [5.74, 6) is -0.697. The van der Waals surface area contributed by atoms with Crippen LogP contribution < -0.4 is 0 Å². The van der Waals surface area contributed by atoms with Crippen LogP contribution in [0.5, 0.6) is 0 Å². The zero-order chi connectivity index (χ0) is 18.4. The average molecular weight is 347 g/mol. The molecule has 0 radical (unpaired) electrons. The predicted octanol–water partition coefficient (Wildman–Crippen LogP) is 5.07. The highest BCUT2D eigenvalue weighted by Crippen LogP contribution is 2.33. The van der Waals surface area contributed by atoms with E-state index in [4.69, 9.17) is 0 Å². The average Bonchev–Trinajstić information content (AvgIpc) is 2.68. The van der Waals surface area contributed by atoms with Gasteiger partial charge in [0, 0.05) is 18.0 Å². The van der Waals surface area contributed by atoms with Gasteiger partial charge in [-0.2, -0.15) is 0 Å². The first-order chi connectivity index (χ1) is 12.7. The fourth-order valence-corrected chi connectivity index (χ4v) is 2.69. The van der Waals surface area contributed by atoms with Gasteiger partial charge in [-0.05, 0) is 58.7 Å². The molecule has 128 valence electrons. The molecule has 0 aliphatic carbocycles. The number of aromatic nitrogens is 1. The number of pyridine rings is 1. The summed E-state index contributed by atoms with van der Waals surface area (Å²) in [6, 6.07) is 15.7. The van der Waals surface area contributed by atoms with Crippen molar-refractivity contribution in [1.82, 2.24) is 4.98 Å². The molecule has 1 heterocycles. The third-order valence-corrected chi connectivity index (χ3v) is 3.85. The van der Waals surface area contributed by atoms with E-state index in [1.165, 1.54) is 30.3 Å². The Labute approximate surface area is 150 Å². The van der Waals surface area contributed by atoms with Crippen LogP contribution in [0.2, 0.25) is 0 Å². The lowest BCUT2D eigenvalue weighted by Gasteiger charge is -2.14. The molecule has 3 aromatic rings. The molecule has 0 aliphatic heterocycles. The van der Waals surface area contributed by atoms with Gasteiger partial charge in [0.15, 0.2) is 0 Å². The molecule has 0 atom stereocenters.